The van der Waals surface area contributed by atoms with Gasteiger partial charge < -0.3 is 5.73 Å². The van der Waals surface area contributed by atoms with Gasteiger partial charge in [-0.2, -0.15) is 0 Å². The lowest BCUT2D eigenvalue weighted by atomic mass is 10.1. The van der Waals surface area contributed by atoms with Gasteiger partial charge in [-0.15, -0.1) is 11.3 Å². The number of halogens is 1. The lowest BCUT2D eigenvalue weighted by Crippen LogP contribution is -2.40. The molecule has 1 aromatic heterocycles. The fourth-order valence-corrected chi connectivity index (χ4v) is 5.47. The number of thiophene rings is 1. The molecule has 2 rings (SSSR count). The van der Waals surface area contributed by atoms with Gasteiger partial charge in [0.15, 0.2) is 9.84 Å². The molecule has 0 aliphatic carbocycles. The van der Waals surface area contributed by atoms with E-state index >= 15 is 0 Å². The average molecular weight is 367 g/mol. The van der Waals surface area contributed by atoms with Crippen molar-refractivity contribution in [1.82, 2.24) is 4.90 Å². The molecular weight excluding hydrogens is 348 g/mol. The Kier molecular flexibility index (Phi) is 5.05. The minimum absolute atomic E-state index is 0.0219. The number of rotatable bonds is 3. The summed E-state index contributed by atoms with van der Waals surface area (Å²) in [5.74, 6) is 0.534. The third-order valence-corrected chi connectivity index (χ3v) is 6.84. The second-order valence-electron chi connectivity index (χ2n) is 5.01. The third kappa shape index (κ3) is 4.01. The summed E-state index contributed by atoms with van der Waals surface area (Å²) in [6, 6.07) is 2.16. The lowest BCUT2D eigenvalue weighted by Gasteiger charge is -2.32. The molecule has 4 nitrogen and oxygen atoms in total. The molecule has 2 N–H and O–H groups in total. The van der Waals surface area contributed by atoms with Crippen LogP contribution in [0.4, 0.5) is 0 Å². The Labute approximate surface area is 127 Å². The molecule has 108 valence electrons. The van der Waals surface area contributed by atoms with Crippen LogP contribution >= 0.6 is 27.3 Å². The predicted molar refractivity (Wildman–Crippen MR) is 83.3 cm³/mol. The van der Waals surface area contributed by atoms with Gasteiger partial charge in [0, 0.05) is 27.3 Å². The molecule has 0 radical (unpaired) electrons. The van der Waals surface area contributed by atoms with Crippen LogP contribution in [0.25, 0.3) is 0 Å². The van der Waals surface area contributed by atoms with Crippen LogP contribution in [0, 0.1) is 0 Å². The summed E-state index contributed by atoms with van der Waals surface area (Å²) >= 11 is 5.13. The Morgan fingerprint density at radius 2 is 2.16 bits per heavy atom. The minimum Gasteiger partial charge on any atom is -0.326 e. The summed E-state index contributed by atoms with van der Waals surface area (Å²) in [6.07, 6.45) is 0.693. The normalized spacial score (nSPS) is 23.7. The molecule has 1 saturated heterocycles. The highest BCUT2D eigenvalue weighted by molar-refractivity contribution is 9.10. The summed E-state index contributed by atoms with van der Waals surface area (Å²) in [5, 5.41) is 2.04. The summed E-state index contributed by atoms with van der Waals surface area (Å²) in [5.41, 5.74) is 6.13. The van der Waals surface area contributed by atoms with Gasteiger partial charge in [0.1, 0.15) is 0 Å². The van der Waals surface area contributed by atoms with Crippen LogP contribution in [0.3, 0.4) is 0 Å². The topological polar surface area (TPSA) is 63.4 Å². The van der Waals surface area contributed by atoms with Gasteiger partial charge >= 0.3 is 0 Å². The van der Waals surface area contributed by atoms with Crippen LogP contribution in [-0.2, 0) is 9.84 Å². The Balaban J connectivity index is 2.20. The molecule has 19 heavy (non-hydrogen) atoms. The molecule has 1 aromatic rings. The predicted octanol–water partition coefficient (Wildman–Crippen LogP) is 2.02. The molecule has 0 saturated carbocycles. The smallest absolute Gasteiger partial charge is 0.151 e. The van der Waals surface area contributed by atoms with Crippen molar-refractivity contribution >= 4 is 37.1 Å². The maximum atomic E-state index is 11.7. The molecule has 0 bridgehead atoms. The van der Waals surface area contributed by atoms with Crippen molar-refractivity contribution in [3.05, 3.63) is 20.8 Å². The van der Waals surface area contributed by atoms with Gasteiger partial charge in [0.05, 0.1) is 17.5 Å². The lowest BCUT2D eigenvalue weighted by molar-refractivity contribution is 0.193. The fraction of sp³-hybridized carbons (Fsp3) is 0.667. The quantitative estimate of drug-likeness (QED) is 0.888. The molecule has 1 aliphatic heterocycles. The van der Waals surface area contributed by atoms with E-state index in [4.69, 9.17) is 5.73 Å². The van der Waals surface area contributed by atoms with E-state index in [2.05, 4.69) is 26.9 Å². The zero-order chi connectivity index (χ0) is 14.0. The Hall–Kier alpha value is 0.0500. The van der Waals surface area contributed by atoms with E-state index in [9.17, 15) is 8.42 Å². The first kappa shape index (κ1) is 15.4. The third-order valence-electron chi connectivity index (χ3n) is 3.36. The van der Waals surface area contributed by atoms with Crippen molar-refractivity contribution in [1.29, 1.82) is 0 Å². The van der Waals surface area contributed by atoms with Crippen molar-refractivity contribution < 1.29 is 8.42 Å². The van der Waals surface area contributed by atoms with E-state index in [0.29, 0.717) is 18.7 Å². The van der Waals surface area contributed by atoms with Gasteiger partial charge in [-0.25, -0.2) is 8.42 Å². The van der Waals surface area contributed by atoms with Gasteiger partial charge in [-0.3, -0.25) is 4.90 Å². The Morgan fingerprint density at radius 1 is 1.42 bits per heavy atom. The van der Waals surface area contributed by atoms with Crippen molar-refractivity contribution in [3.63, 3.8) is 0 Å². The Morgan fingerprint density at radius 3 is 2.74 bits per heavy atom. The molecule has 1 aliphatic rings. The van der Waals surface area contributed by atoms with Crippen LogP contribution in [-0.4, -0.2) is 44.0 Å². The maximum Gasteiger partial charge on any atom is 0.151 e. The second-order valence-corrected chi connectivity index (χ2v) is 9.17. The zero-order valence-corrected chi connectivity index (χ0v) is 14.1. The second kappa shape index (κ2) is 6.22. The zero-order valence-electron chi connectivity index (χ0n) is 10.9. The largest absolute Gasteiger partial charge is 0.326 e. The standard InChI is InChI=1S/C12H19BrN2O2S2/c1-9(14)12(11-7-10(13)8-18-11)15-3-2-5-19(16,17)6-4-15/h7-9,12H,2-6,14H2,1H3. The van der Waals surface area contributed by atoms with Crippen molar-refractivity contribution in [2.45, 2.75) is 25.4 Å². The molecule has 0 amide bonds. The molecule has 2 atom stereocenters. The van der Waals surface area contributed by atoms with E-state index in [0.717, 1.165) is 11.0 Å². The number of hydrogen-bond acceptors (Lipinski definition) is 5. The first-order valence-electron chi connectivity index (χ1n) is 6.33. The molecule has 1 fully saturated rings. The first-order chi connectivity index (χ1) is 8.89. The number of hydrogen-bond donors (Lipinski definition) is 1. The van der Waals surface area contributed by atoms with Crippen LogP contribution in [0.2, 0.25) is 0 Å². The van der Waals surface area contributed by atoms with Crippen molar-refractivity contribution in [2.24, 2.45) is 5.73 Å². The maximum absolute atomic E-state index is 11.7. The highest BCUT2D eigenvalue weighted by Crippen LogP contribution is 2.32. The van der Waals surface area contributed by atoms with Crippen LogP contribution in [0.5, 0.6) is 0 Å². The number of nitrogens with two attached hydrogens (primary N) is 1. The van der Waals surface area contributed by atoms with Gasteiger partial charge in [0.2, 0.25) is 0 Å². The fourth-order valence-electron chi connectivity index (χ4n) is 2.49. The SMILES string of the molecule is CC(N)C(c1cc(Br)cs1)N1CCCS(=O)(=O)CC1. The van der Waals surface area contributed by atoms with Gasteiger partial charge in [-0.05, 0) is 41.9 Å². The van der Waals surface area contributed by atoms with Crippen LogP contribution < -0.4 is 5.73 Å². The van der Waals surface area contributed by atoms with Gasteiger partial charge in [0.25, 0.3) is 0 Å². The van der Waals surface area contributed by atoms with E-state index < -0.39 is 9.84 Å². The van der Waals surface area contributed by atoms with Crippen LogP contribution in [0.15, 0.2) is 15.9 Å². The van der Waals surface area contributed by atoms with Crippen LogP contribution in [0.1, 0.15) is 24.3 Å². The van der Waals surface area contributed by atoms with E-state index in [1.807, 2.05) is 12.3 Å². The molecular formula is C12H19BrN2O2S2. The summed E-state index contributed by atoms with van der Waals surface area (Å²) in [6.45, 7) is 3.35. The molecule has 0 spiro atoms. The molecule has 7 heteroatoms. The molecule has 2 heterocycles. The summed E-state index contributed by atoms with van der Waals surface area (Å²) < 4.78 is 24.4. The molecule has 0 aromatic carbocycles. The average Bonchev–Trinajstić information content (AvgIpc) is 2.63. The van der Waals surface area contributed by atoms with E-state index in [-0.39, 0.29) is 17.8 Å². The number of nitrogens with zero attached hydrogens (tertiary/aromatic N) is 1. The first-order valence-corrected chi connectivity index (χ1v) is 9.82. The highest BCUT2D eigenvalue weighted by Gasteiger charge is 2.29. The Bertz CT molecular complexity index is 528. The summed E-state index contributed by atoms with van der Waals surface area (Å²) in [7, 11) is -2.88. The highest BCUT2D eigenvalue weighted by atomic mass is 79.9. The van der Waals surface area contributed by atoms with E-state index in [1.54, 1.807) is 11.3 Å². The van der Waals surface area contributed by atoms with E-state index in [1.165, 1.54) is 4.88 Å². The molecule has 2 unspecified atom stereocenters. The minimum atomic E-state index is -2.88. The monoisotopic (exact) mass is 366 g/mol. The van der Waals surface area contributed by atoms with Crippen molar-refractivity contribution in [3.8, 4) is 0 Å². The number of sulfone groups is 1. The summed E-state index contributed by atoms with van der Waals surface area (Å²) in [4.78, 5) is 3.41. The van der Waals surface area contributed by atoms with Crippen molar-refractivity contribution in [2.75, 3.05) is 24.6 Å². The van der Waals surface area contributed by atoms with Gasteiger partial charge in [-0.1, -0.05) is 0 Å².